The highest BCUT2D eigenvalue weighted by Crippen LogP contribution is 2.19. The maximum atomic E-state index is 5.94. The normalized spacial score (nSPS) is 11.3. The largest absolute Gasteiger partial charge is 0.461 e. The van der Waals surface area contributed by atoms with Gasteiger partial charge in [0.05, 0.1) is 6.26 Å². The zero-order valence-electron chi connectivity index (χ0n) is 14.5. The smallest absolute Gasteiger partial charge is 0.223 e. The molecular formula is C19H20N6O. The SMILES string of the molecule is Cc1ccccc1CCNCc1cnc(N)n2nc(-c3ccco3)nc12. The van der Waals surface area contributed by atoms with Crippen molar-refractivity contribution in [3.05, 3.63) is 65.5 Å². The molecule has 3 aromatic heterocycles. The van der Waals surface area contributed by atoms with Crippen LogP contribution < -0.4 is 11.1 Å². The zero-order chi connectivity index (χ0) is 17.9. The summed E-state index contributed by atoms with van der Waals surface area (Å²) in [7, 11) is 0. The molecule has 132 valence electrons. The van der Waals surface area contributed by atoms with Crippen LogP contribution >= 0.6 is 0 Å². The monoisotopic (exact) mass is 348 g/mol. The van der Waals surface area contributed by atoms with E-state index in [0.717, 1.165) is 18.5 Å². The van der Waals surface area contributed by atoms with Crippen molar-refractivity contribution in [2.45, 2.75) is 19.9 Å². The first kappa shape index (κ1) is 16.3. The van der Waals surface area contributed by atoms with Crippen LogP contribution in [0.2, 0.25) is 0 Å². The molecular weight excluding hydrogens is 328 g/mol. The number of hydrogen-bond donors (Lipinski definition) is 2. The average Bonchev–Trinajstić information content (AvgIpc) is 3.31. The lowest BCUT2D eigenvalue weighted by Crippen LogP contribution is -2.18. The van der Waals surface area contributed by atoms with Gasteiger partial charge in [-0.2, -0.15) is 4.52 Å². The highest BCUT2D eigenvalue weighted by atomic mass is 16.3. The molecule has 1 aromatic carbocycles. The average molecular weight is 348 g/mol. The quantitative estimate of drug-likeness (QED) is 0.520. The van der Waals surface area contributed by atoms with E-state index < -0.39 is 0 Å². The first-order valence-corrected chi connectivity index (χ1v) is 8.51. The zero-order valence-corrected chi connectivity index (χ0v) is 14.5. The molecule has 4 rings (SSSR count). The van der Waals surface area contributed by atoms with Gasteiger partial charge in [-0.05, 0) is 43.1 Å². The first-order chi connectivity index (χ1) is 12.7. The van der Waals surface area contributed by atoms with Crippen molar-refractivity contribution in [3.63, 3.8) is 0 Å². The molecule has 0 saturated carbocycles. The van der Waals surface area contributed by atoms with Gasteiger partial charge >= 0.3 is 0 Å². The Kier molecular flexibility index (Phi) is 4.37. The Balaban J connectivity index is 1.50. The number of anilines is 1. The number of benzene rings is 1. The van der Waals surface area contributed by atoms with Gasteiger partial charge in [-0.3, -0.25) is 0 Å². The van der Waals surface area contributed by atoms with Crippen molar-refractivity contribution in [3.8, 4) is 11.6 Å². The van der Waals surface area contributed by atoms with Crippen molar-refractivity contribution in [1.29, 1.82) is 0 Å². The van der Waals surface area contributed by atoms with Crippen molar-refractivity contribution >= 4 is 11.6 Å². The molecule has 3 N–H and O–H groups in total. The number of furan rings is 1. The van der Waals surface area contributed by atoms with Gasteiger partial charge in [0, 0.05) is 18.3 Å². The number of nitrogen functional groups attached to an aromatic ring is 1. The molecule has 0 radical (unpaired) electrons. The van der Waals surface area contributed by atoms with E-state index in [1.54, 1.807) is 23.0 Å². The minimum absolute atomic E-state index is 0.300. The number of nitrogens with zero attached hydrogens (tertiary/aromatic N) is 4. The van der Waals surface area contributed by atoms with E-state index in [9.17, 15) is 0 Å². The van der Waals surface area contributed by atoms with E-state index in [0.29, 0.717) is 29.7 Å². The number of aromatic nitrogens is 4. The van der Waals surface area contributed by atoms with Crippen molar-refractivity contribution in [2.75, 3.05) is 12.3 Å². The highest BCUT2D eigenvalue weighted by molar-refractivity contribution is 5.57. The van der Waals surface area contributed by atoms with Crippen LogP contribution in [0.5, 0.6) is 0 Å². The molecule has 7 nitrogen and oxygen atoms in total. The van der Waals surface area contributed by atoms with Gasteiger partial charge in [-0.25, -0.2) is 9.97 Å². The molecule has 3 heterocycles. The van der Waals surface area contributed by atoms with E-state index in [1.165, 1.54) is 11.1 Å². The highest BCUT2D eigenvalue weighted by Gasteiger charge is 2.14. The molecule has 0 saturated heterocycles. The number of nitrogens with two attached hydrogens (primary N) is 1. The van der Waals surface area contributed by atoms with Crippen LogP contribution in [0.25, 0.3) is 17.2 Å². The van der Waals surface area contributed by atoms with E-state index in [-0.39, 0.29) is 0 Å². The summed E-state index contributed by atoms with van der Waals surface area (Å²) in [4.78, 5) is 8.79. The number of hydrogen-bond acceptors (Lipinski definition) is 6. The first-order valence-electron chi connectivity index (χ1n) is 8.51. The third-order valence-electron chi connectivity index (χ3n) is 4.35. The molecule has 0 aliphatic carbocycles. The molecule has 0 atom stereocenters. The van der Waals surface area contributed by atoms with Crippen LogP contribution in [0, 0.1) is 6.92 Å². The van der Waals surface area contributed by atoms with Gasteiger partial charge in [0.25, 0.3) is 0 Å². The topological polar surface area (TPSA) is 94.3 Å². The molecule has 0 aliphatic heterocycles. The fraction of sp³-hybridized carbons (Fsp3) is 0.211. The predicted molar refractivity (Wildman–Crippen MR) is 99.5 cm³/mol. The van der Waals surface area contributed by atoms with E-state index in [2.05, 4.69) is 51.6 Å². The summed E-state index contributed by atoms with van der Waals surface area (Å²) in [5.41, 5.74) is 10.2. The molecule has 0 fully saturated rings. The van der Waals surface area contributed by atoms with E-state index in [1.807, 2.05) is 6.07 Å². The van der Waals surface area contributed by atoms with Gasteiger partial charge < -0.3 is 15.5 Å². The Morgan fingerprint density at radius 2 is 2.04 bits per heavy atom. The Hall–Kier alpha value is -3.19. The molecule has 0 aliphatic rings. The Morgan fingerprint density at radius 1 is 1.15 bits per heavy atom. The summed E-state index contributed by atoms with van der Waals surface area (Å²) in [6.07, 6.45) is 4.30. The second-order valence-corrected chi connectivity index (χ2v) is 6.14. The minimum Gasteiger partial charge on any atom is -0.461 e. The predicted octanol–water partition coefficient (Wildman–Crippen LogP) is 2.61. The lowest BCUT2D eigenvalue weighted by atomic mass is 10.1. The second-order valence-electron chi connectivity index (χ2n) is 6.14. The summed E-state index contributed by atoms with van der Waals surface area (Å²) in [6.45, 7) is 3.63. The summed E-state index contributed by atoms with van der Waals surface area (Å²) < 4.78 is 6.92. The van der Waals surface area contributed by atoms with Gasteiger partial charge in [0.2, 0.25) is 11.8 Å². The van der Waals surface area contributed by atoms with E-state index in [4.69, 9.17) is 10.2 Å². The number of aryl methyl sites for hydroxylation is 1. The molecule has 7 heteroatoms. The molecule has 0 unspecified atom stereocenters. The third-order valence-corrected chi connectivity index (χ3v) is 4.35. The van der Waals surface area contributed by atoms with Crippen LogP contribution in [-0.2, 0) is 13.0 Å². The Bertz CT molecular complexity index is 1020. The van der Waals surface area contributed by atoms with Gasteiger partial charge in [0.1, 0.15) is 0 Å². The van der Waals surface area contributed by atoms with Crippen LogP contribution in [0.3, 0.4) is 0 Å². The van der Waals surface area contributed by atoms with Gasteiger partial charge in [-0.1, -0.05) is 24.3 Å². The van der Waals surface area contributed by atoms with Crippen LogP contribution in [0.4, 0.5) is 5.95 Å². The maximum Gasteiger partial charge on any atom is 0.223 e. The number of nitrogens with one attached hydrogen (secondary N) is 1. The minimum atomic E-state index is 0.300. The summed E-state index contributed by atoms with van der Waals surface area (Å²) in [5.74, 6) is 1.40. The summed E-state index contributed by atoms with van der Waals surface area (Å²) >= 11 is 0. The van der Waals surface area contributed by atoms with Crippen molar-refractivity contribution < 1.29 is 4.42 Å². The number of rotatable bonds is 6. The molecule has 26 heavy (non-hydrogen) atoms. The van der Waals surface area contributed by atoms with Gasteiger partial charge in [0.15, 0.2) is 11.4 Å². The molecule has 0 spiro atoms. The van der Waals surface area contributed by atoms with E-state index >= 15 is 0 Å². The second kappa shape index (κ2) is 6.97. The Morgan fingerprint density at radius 3 is 2.85 bits per heavy atom. The maximum absolute atomic E-state index is 5.94. The fourth-order valence-corrected chi connectivity index (χ4v) is 2.91. The van der Waals surface area contributed by atoms with Crippen molar-refractivity contribution in [2.24, 2.45) is 0 Å². The molecule has 0 amide bonds. The Labute approximate surface area is 150 Å². The van der Waals surface area contributed by atoms with Crippen LogP contribution in [0.1, 0.15) is 16.7 Å². The lowest BCUT2D eigenvalue weighted by Gasteiger charge is -2.08. The summed E-state index contributed by atoms with van der Waals surface area (Å²) in [6, 6.07) is 12.0. The lowest BCUT2D eigenvalue weighted by molar-refractivity contribution is 0.577. The van der Waals surface area contributed by atoms with Crippen molar-refractivity contribution in [1.82, 2.24) is 24.9 Å². The molecule has 0 bridgehead atoms. The van der Waals surface area contributed by atoms with Gasteiger partial charge in [-0.15, -0.1) is 5.10 Å². The van der Waals surface area contributed by atoms with Crippen LogP contribution in [-0.4, -0.2) is 26.1 Å². The fourth-order valence-electron chi connectivity index (χ4n) is 2.91. The van der Waals surface area contributed by atoms with Crippen LogP contribution in [0.15, 0.2) is 53.3 Å². The molecule has 4 aromatic rings. The third kappa shape index (κ3) is 3.16. The number of fused-ring (bicyclic) bond motifs is 1. The summed E-state index contributed by atoms with van der Waals surface area (Å²) in [5, 5.41) is 7.85. The standard InChI is InChI=1S/C19H20N6O/c1-13-5-2-3-6-14(13)8-9-21-11-15-12-22-19(20)25-18(15)23-17(24-25)16-7-4-10-26-16/h2-7,10,12,21H,8-9,11H2,1H3,(H2,20,22).